The van der Waals surface area contributed by atoms with Gasteiger partial charge in [0.1, 0.15) is 5.75 Å². The Bertz CT molecular complexity index is 726. The van der Waals surface area contributed by atoms with Gasteiger partial charge in [-0.15, -0.1) is 0 Å². The highest BCUT2D eigenvalue weighted by atomic mass is 16.5. The summed E-state index contributed by atoms with van der Waals surface area (Å²) in [6, 6.07) is 14.2. The van der Waals surface area contributed by atoms with Crippen molar-refractivity contribution in [1.29, 1.82) is 0 Å². The normalized spacial score (nSPS) is 10.3. The lowest BCUT2D eigenvalue weighted by Gasteiger charge is -2.11. The third kappa shape index (κ3) is 4.59. The van der Waals surface area contributed by atoms with Crippen molar-refractivity contribution in [1.82, 2.24) is 10.6 Å². The fourth-order valence-corrected chi connectivity index (χ4v) is 2.27. The van der Waals surface area contributed by atoms with Crippen molar-refractivity contribution in [3.05, 3.63) is 65.2 Å². The summed E-state index contributed by atoms with van der Waals surface area (Å²) in [7, 11) is 1.59. The van der Waals surface area contributed by atoms with Crippen LogP contribution in [0.15, 0.2) is 48.5 Å². The van der Waals surface area contributed by atoms with Gasteiger partial charge in [-0.2, -0.15) is 0 Å². The average molecular weight is 326 g/mol. The second kappa shape index (κ2) is 8.15. The molecule has 0 radical (unpaired) electrons. The summed E-state index contributed by atoms with van der Waals surface area (Å²) in [5.74, 6) is 0.298. The number of para-hydroxylation sites is 1. The van der Waals surface area contributed by atoms with E-state index in [9.17, 15) is 9.59 Å². The number of rotatable bonds is 6. The van der Waals surface area contributed by atoms with Crippen LogP contribution in [0.4, 0.5) is 0 Å². The van der Waals surface area contributed by atoms with E-state index in [-0.39, 0.29) is 17.9 Å². The number of nitrogens with one attached hydrogen (secondary N) is 2. The first-order valence-electron chi connectivity index (χ1n) is 7.82. The molecule has 0 bridgehead atoms. The molecule has 0 spiro atoms. The van der Waals surface area contributed by atoms with Gasteiger partial charge in [0.05, 0.1) is 7.11 Å². The summed E-state index contributed by atoms with van der Waals surface area (Å²) in [4.78, 5) is 24.4. The first-order chi connectivity index (χ1) is 11.5. The second-order valence-electron chi connectivity index (χ2n) is 5.70. The SMILES string of the molecule is COc1ccccc1CNC(=O)c1cccc(C(=O)NC(C)C)c1. The zero-order chi connectivity index (χ0) is 17.5. The van der Waals surface area contributed by atoms with Crippen molar-refractivity contribution in [2.75, 3.05) is 7.11 Å². The molecule has 2 rings (SSSR count). The highest BCUT2D eigenvalue weighted by Crippen LogP contribution is 2.17. The van der Waals surface area contributed by atoms with Crippen molar-refractivity contribution >= 4 is 11.8 Å². The van der Waals surface area contributed by atoms with Crippen LogP contribution in [0.1, 0.15) is 40.1 Å². The molecule has 2 amide bonds. The smallest absolute Gasteiger partial charge is 0.251 e. The first kappa shape index (κ1) is 17.5. The van der Waals surface area contributed by atoms with E-state index >= 15 is 0 Å². The van der Waals surface area contributed by atoms with Crippen LogP contribution in [-0.4, -0.2) is 25.0 Å². The molecule has 126 valence electrons. The van der Waals surface area contributed by atoms with Gasteiger partial charge in [-0.1, -0.05) is 24.3 Å². The van der Waals surface area contributed by atoms with Gasteiger partial charge in [-0.3, -0.25) is 9.59 Å². The summed E-state index contributed by atoms with van der Waals surface area (Å²) >= 11 is 0. The number of amides is 2. The van der Waals surface area contributed by atoms with Crippen LogP contribution in [0.2, 0.25) is 0 Å². The van der Waals surface area contributed by atoms with Gasteiger partial charge in [-0.25, -0.2) is 0 Å². The minimum atomic E-state index is -0.236. The first-order valence-corrected chi connectivity index (χ1v) is 7.82. The van der Waals surface area contributed by atoms with Gasteiger partial charge in [0.15, 0.2) is 0 Å². The van der Waals surface area contributed by atoms with Crippen LogP contribution in [0.25, 0.3) is 0 Å². The molecule has 24 heavy (non-hydrogen) atoms. The summed E-state index contributed by atoms with van der Waals surface area (Å²) in [5.41, 5.74) is 1.80. The maximum Gasteiger partial charge on any atom is 0.251 e. The van der Waals surface area contributed by atoms with E-state index in [0.717, 1.165) is 11.3 Å². The predicted molar refractivity (Wildman–Crippen MR) is 93.2 cm³/mol. The van der Waals surface area contributed by atoms with E-state index in [1.54, 1.807) is 31.4 Å². The van der Waals surface area contributed by atoms with E-state index in [2.05, 4.69) is 10.6 Å². The van der Waals surface area contributed by atoms with E-state index in [4.69, 9.17) is 4.74 Å². The summed E-state index contributed by atoms with van der Waals surface area (Å²) < 4.78 is 5.27. The molecule has 0 aliphatic rings. The number of hydrogen-bond acceptors (Lipinski definition) is 3. The molecule has 0 saturated heterocycles. The molecule has 2 aromatic rings. The number of carbonyl (C=O) groups is 2. The highest BCUT2D eigenvalue weighted by molar-refractivity contribution is 5.99. The standard InChI is InChI=1S/C19H22N2O3/c1-13(2)21-19(23)15-9-6-8-14(11-15)18(22)20-12-16-7-4-5-10-17(16)24-3/h4-11,13H,12H2,1-3H3,(H,20,22)(H,21,23). The average Bonchev–Trinajstić information content (AvgIpc) is 2.59. The van der Waals surface area contributed by atoms with E-state index in [0.29, 0.717) is 17.7 Å². The van der Waals surface area contributed by atoms with Gasteiger partial charge < -0.3 is 15.4 Å². The Morgan fingerprint density at radius 2 is 1.67 bits per heavy atom. The molecule has 0 aliphatic heterocycles. The molecule has 5 nitrogen and oxygen atoms in total. The molecule has 0 heterocycles. The lowest BCUT2D eigenvalue weighted by atomic mass is 10.1. The van der Waals surface area contributed by atoms with Gasteiger partial charge in [-0.05, 0) is 38.1 Å². The van der Waals surface area contributed by atoms with Crippen LogP contribution in [0, 0.1) is 0 Å². The van der Waals surface area contributed by atoms with Crippen LogP contribution in [-0.2, 0) is 6.54 Å². The topological polar surface area (TPSA) is 67.4 Å². The Labute approximate surface area is 142 Å². The summed E-state index contributed by atoms with van der Waals surface area (Å²) in [6.45, 7) is 4.13. The van der Waals surface area contributed by atoms with Gasteiger partial charge >= 0.3 is 0 Å². The predicted octanol–water partition coefficient (Wildman–Crippen LogP) is 2.76. The Kier molecular flexibility index (Phi) is 5.95. The summed E-state index contributed by atoms with van der Waals surface area (Å²) in [6.07, 6.45) is 0. The lowest BCUT2D eigenvalue weighted by molar-refractivity contribution is 0.0943. The monoisotopic (exact) mass is 326 g/mol. The molecular formula is C19H22N2O3. The quantitative estimate of drug-likeness (QED) is 0.858. The Morgan fingerprint density at radius 1 is 1.00 bits per heavy atom. The number of ether oxygens (including phenoxy) is 1. The number of carbonyl (C=O) groups excluding carboxylic acids is 2. The fourth-order valence-electron chi connectivity index (χ4n) is 2.27. The van der Waals surface area contributed by atoms with Crippen molar-refractivity contribution in [3.63, 3.8) is 0 Å². The molecule has 0 atom stereocenters. The van der Waals surface area contributed by atoms with Crippen molar-refractivity contribution in [2.45, 2.75) is 26.4 Å². The van der Waals surface area contributed by atoms with Gasteiger partial charge in [0, 0.05) is 29.3 Å². The fraction of sp³-hybridized carbons (Fsp3) is 0.263. The second-order valence-corrected chi connectivity index (χ2v) is 5.70. The maximum absolute atomic E-state index is 12.3. The van der Waals surface area contributed by atoms with E-state index < -0.39 is 0 Å². The number of benzene rings is 2. The Hall–Kier alpha value is -2.82. The Balaban J connectivity index is 2.06. The molecular weight excluding hydrogens is 304 g/mol. The van der Waals surface area contributed by atoms with Crippen LogP contribution in [0.5, 0.6) is 5.75 Å². The van der Waals surface area contributed by atoms with E-state index in [1.165, 1.54) is 0 Å². The number of methoxy groups -OCH3 is 1. The molecule has 2 N–H and O–H groups in total. The lowest BCUT2D eigenvalue weighted by Crippen LogP contribution is -2.30. The largest absolute Gasteiger partial charge is 0.496 e. The van der Waals surface area contributed by atoms with Crippen LogP contribution < -0.4 is 15.4 Å². The molecule has 0 unspecified atom stereocenters. The molecule has 0 aliphatic carbocycles. The molecule has 0 saturated carbocycles. The minimum absolute atomic E-state index is 0.0422. The third-order valence-corrected chi connectivity index (χ3v) is 3.44. The maximum atomic E-state index is 12.3. The van der Waals surface area contributed by atoms with Crippen LogP contribution in [0.3, 0.4) is 0 Å². The Morgan fingerprint density at radius 3 is 2.33 bits per heavy atom. The van der Waals surface area contributed by atoms with Crippen molar-refractivity contribution in [3.8, 4) is 5.75 Å². The zero-order valence-electron chi connectivity index (χ0n) is 14.1. The molecule has 0 aromatic heterocycles. The molecule has 5 heteroatoms. The van der Waals surface area contributed by atoms with Gasteiger partial charge in [0.2, 0.25) is 0 Å². The van der Waals surface area contributed by atoms with Crippen molar-refractivity contribution < 1.29 is 14.3 Å². The zero-order valence-corrected chi connectivity index (χ0v) is 14.1. The van der Waals surface area contributed by atoms with Crippen molar-refractivity contribution in [2.24, 2.45) is 0 Å². The third-order valence-electron chi connectivity index (χ3n) is 3.44. The molecule has 2 aromatic carbocycles. The van der Waals surface area contributed by atoms with E-state index in [1.807, 2.05) is 38.1 Å². The van der Waals surface area contributed by atoms with Gasteiger partial charge in [0.25, 0.3) is 11.8 Å². The minimum Gasteiger partial charge on any atom is -0.496 e. The highest BCUT2D eigenvalue weighted by Gasteiger charge is 2.11. The van der Waals surface area contributed by atoms with Crippen LogP contribution >= 0.6 is 0 Å². The number of hydrogen-bond donors (Lipinski definition) is 2. The molecule has 0 fully saturated rings. The summed E-state index contributed by atoms with van der Waals surface area (Å²) in [5, 5.41) is 5.66.